The number of hydrogen-bond donors (Lipinski definition) is 2. The largest absolute Gasteiger partial charge is 0.395 e. The number of nitriles is 1. The molecular formula is C25H21N5O3. The Hall–Kier alpha value is -4.48. The quantitative estimate of drug-likeness (QED) is 0.480. The fraction of sp³-hybridized carbons (Fsp3) is 0.120. The average Bonchev–Trinajstić information content (AvgIpc) is 3.30. The highest BCUT2D eigenvalue weighted by Gasteiger charge is 2.19. The first-order valence-electron chi connectivity index (χ1n) is 10.3. The van der Waals surface area contributed by atoms with Crippen LogP contribution in [-0.2, 0) is 0 Å². The molecular weight excluding hydrogens is 418 g/mol. The highest BCUT2D eigenvalue weighted by atomic mass is 16.3. The summed E-state index contributed by atoms with van der Waals surface area (Å²) in [5.74, 6) is -0.445. The number of anilines is 1. The highest BCUT2D eigenvalue weighted by molar-refractivity contribution is 6.07. The number of fused-ring (bicyclic) bond motifs is 1. The topological polar surface area (TPSA) is 111 Å². The van der Waals surface area contributed by atoms with Crippen molar-refractivity contribution < 1.29 is 14.7 Å². The Kier molecular flexibility index (Phi) is 6.15. The van der Waals surface area contributed by atoms with Crippen LogP contribution in [0.1, 0.15) is 26.3 Å². The van der Waals surface area contributed by atoms with Crippen molar-refractivity contribution in [3.05, 3.63) is 89.7 Å². The Morgan fingerprint density at radius 3 is 2.45 bits per heavy atom. The van der Waals surface area contributed by atoms with E-state index in [-0.39, 0.29) is 25.0 Å². The molecule has 0 atom stereocenters. The van der Waals surface area contributed by atoms with E-state index in [0.717, 1.165) is 16.6 Å². The molecule has 0 aliphatic heterocycles. The third-order valence-electron chi connectivity index (χ3n) is 5.33. The van der Waals surface area contributed by atoms with Crippen LogP contribution in [0.15, 0.2) is 73.1 Å². The van der Waals surface area contributed by atoms with Crippen LogP contribution in [0.5, 0.6) is 0 Å². The first-order valence-corrected chi connectivity index (χ1v) is 10.3. The Labute approximate surface area is 190 Å². The number of carbonyl (C=O) groups excluding carboxylic acids is 2. The fourth-order valence-corrected chi connectivity index (χ4v) is 3.60. The maximum Gasteiger partial charge on any atom is 0.258 e. The molecule has 0 radical (unpaired) electrons. The van der Waals surface area contributed by atoms with Gasteiger partial charge in [-0.05, 0) is 54.1 Å². The number of carbonyl (C=O) groups is 2. The number of amides is 2. The third-order valence-corrected chi connectivity index (χ3v) is 5.33. The zero-order chi connectivity index (χ0) is 23.4. The maximum absolute atomic E-state index is 13.3. The van der Waals surface area contributed by atoms with Gasteiger partial charge in [-0.2, -0.15) is 10.4 Å². The van der Waals surface area contributed by atoms with Crippen molar-refractivity contribution in [3.8, 4) is 17.2 Å². The number of pyridine rings is 1. The summed E-state index contributed by atoms with van der Waals surface area (Å²) in [4.78, 5) is 26.6. The average molecular weight is 439 g/mol. The summed E-state index contributed by atoms with van der Waals surface area (Å²) in [5, 5.41) is 25.5. The smallest absolute Gasteiger partial charge is 0.258 e. The van der Waals surface area contributed by atoms with Gasteiger partial charge in [-0.1, -0.05) is 12.1 Å². The summed E-state index contributed by atoms with van der Waals surface area (Å²) in [6.45, 7) is -0.0907. The Bertz CT molecular complexity index is 1350. The van der Waals surface area contributed by atoms with Gasteiger partial charge in [0.1, 0.15) is 0 Å². The summed E-state index contributed by atoms with van der Waals surface area (Å²) < 4.78 is 1.68. The fourth-order valence-electron chi connectivity index (χ4n) is 3.60. The monoisotopic (exact) mass is 439 g/mol. The van der Waals surface area contributed by atoms with Crippen molar-refractivity contribution in [1.82, 2.24) is 14.9 Å². The molecule has 0 aliphatic carbocycles. The number of aliphatic hydroxyl groups excluding tert-OH is 1. The van der Waals surface area contributed by atoms with Crippen molar-refractivity contribution >= 4 is 23.0 Å². The van der Waals surface area contributed by atoms with Gasteiger partial charge in [0.25, 0.3) is 11.8 Å². The van der Waals surface area contributed by atoms with Crippen LogP contribution < -0.4 is 10.2 Å². The lowest BCUT2D eigenvalue weighted by atomic mass is 10.0. The molecule has 0 saturated heterocycles. The van der Waals surface area contributed by atoms with E-state index in [4.69, 9.17) is 5.26 Å². The minimum Gasteiger partial charge on any atom is -0.395 e. The van der Waals surface area contributed by atoms with Gasteiger partial charge in [-0.3, -0.25) is 9.59 Å². The van der Waals surface area contributed by atoms with E-state index >= 15 is 0 Å². The van der Waals surface area contributed by atoms with Crippen LogP contribution in [0.4, 0.5) is 5.69 Å². The molecule has 8 heteroatoms. The normalized spacial score (nSPS) is 10.6. The van der Waals surface area contributed by atoms with Gasteiger partial charge >= 0.3 is 0 Å². The molecule has 2 N–H and O–H groups in total. The van der Waals surface area contributed by atoms with Crippen LogP contribution in [0, 0.1) is 11.3 Å². The van der Waals surface area contributed by atoms with Gasteiger partial charge < -0.3 is 15.3 Å². The molecule has 0 spiro atoms. The molecule has 2 amide bonds. The summed E-state index contributed by atoms with van der Waals surface area (Å²) in [5.41, 5.74) is 4.48. The predicted molar refractivity (Wildman–Crippen MR) is 124 cm³/mol. The van der Waals surface area contributed by atoms with Crippen molar-refractivity contribution in [1.29, 1.82) is 5.26 Å². The Morgan fingerprint density at radius 1 is 1.09 bits per heavy atom. The first-order chi connectivity index (χ1) is 16.0. The molecule has 0 unspecified atom stereocenters. The lowest BCUT2D eigenvalue weighted by molar-refractivity contribution is 0.0960. The second-order valence-electron chi connectivity index (χ2n) is 7.30. The van der Waals surface area contributed by atoms with E-state index in [1.807, 2.05) is 12.1 Å². The minimum absolute atomic E-state index is 0.114. The molecule has 8 nitrogen and oxygen atoms in total. The zero-order valence-electron chi connectivity index (χ0n) is 17.9. The maximum atomic E-state index is 13.3. The number of nitrogens with one attached hydrogen (secondary N) is 1. The minimum atomic E-state index is -0.279. The van der Waals surface area contributed by atoms with Crippen LogP contribution in [0.25, 0.3) is 16.6 Å². The first kappa shape index (κ1) is 21.7. The second-order valence-corrected chi connectivity index (χ2v) is 7.30. The Morgan fingerprint density at radius 2 is 1.82 bits per heavy atom. The molecule has 4 aromatic rings. The van der Waals surface area contributed by atoms with E-state index in [0.29, 0.717) is 22.4 Å². The van der Waals surface area contributed by atoms with Crippen LogP contribution in [-0.4, -0.2) is 46.7 Å². The Balaban J connectivity index is 1.70. The van der Waals surface area contributed by atoms with E-state index in [2.05, 4.69) is 16.5 Å². The van der Waals surface area contributed by atoms with Crippen LogP contribution in [0.3, 0.4) is 0 Å². The van der Waals surface area contributed by atoms with Gasteiger partial charge in [-0.25, -0.2) is 4.52 Å². The number of aromatic nitrogens is 2. The molecule has 0 aliphatic rings. The predicted octanol–water partition coefficient (Wildman–Crippen LogP) is 2.87. The molecule has 0 fully saturated rings. The van der Waals surface area contributed by atoms with Crippen molar-refractivity contribution in [2.45, 2.75) is 0 Å². The second kappa shape index (κ2) is 9.34. The van der Waals surface area contributed by atoms with E-state index < -0.39 is 0 Å². The van der Waals surface area contributed by atoms with E-state index in [1.165, 1.54) is 4.90 Å². The van der Waals surface area contributed by atoms with Crippen LogP contribution in [0.2, 0.25) is 0 Å². The SMILES string of the molecule is CNC(=O)c1ccc(-c2cnn3ccc(C(=O)N(CCO)c4ccc(C#N)cc4)cc23)cc1. The third kappa shape index (κ3) is 4.31. The van der Waals surface area contributed by atoms with Crippen molar-refractivity contribution in [2.24, 2.45) is 0 Å². The van der Waals surface area contributed by atoms with Gasteiger partial charge in [-0.15, -0.1) is 0 Å². The molecule has 2 heterocycles. The van der Waals surface area contributed by atoms with E-state index in [9.17, 15) is 14.7 Å². The summed E-state index contributed by atoms with van der Waals surface area (Å²) >= 11 is 0. The number of aliphatic hydroxyl groups is 1. The molecule has 33 heavy (non-hydrogen) atoms. The molecule has 4 rings (SSSR count). The van der Waals surface area contributed by atoms with Crippen molar-refractivity contribution in [3.63, 3.8) is 0 Å². The van der Waals surface area contributed by atoms with Gasteiger partial charge in [0.05, 0.1) is 30.0 Å². The lowest BCUT2D eigenvalue weighted by Crippen LogP contribution is -2.33. The lowest BCUT2D eigenvalue weighted by Gasteiger charge is -2.22. The number of hydrogen-bond acceptors (Lipinski definition) is 5. The number of nitrogens with zero attached hydrogens (tertiary/aromatic N) is 4. The molecule has 164 valence electrons. The van der Waals surface area contributed by atoms with Gasteiger partial charge in [0, 0.05) is 42.2 Å². The van der Waals surface area contributed by atoms with Gasteiger partial charge in [0.15, 0.2) is 0 Å². The van der Waals surface area contributed by atoms with Crippen molar-refractivity contribution in [2.75, 3.05) is 25.1 Å². The summed E-state index contributed by atoms with van der Waals surface area (Å²) in [6.07, 6.45) is 3.42. The van der Waals surface area contributed by atoms with Crippen LogP contribution >= 0.6 is 0 Å². The number of benzene rings is 2. The molecule has 0 bridgehead atoms. The molecule has 2 aromatic carbocycles. The molecule has 2 aromatic heterocycles. The zero-order valence-corrected chi connectivity index (χ0v) is 17.9. The highest BCUT2D eigenvalue weighted by Crippen LogP contribution is 2.26. The number of rotatable bonds is 6. The summed E-state index contributed by atoms with van der Waals surface area (Å²) in [7, 11) is 1.58. The van der Waals surface area contributed by atoms with Gasteiger partial charge in [0.2, 0.25) is 0 Å². The molecule has 0 saturated carbocycles. The van der Waals surface area contributed by atoms with E-state index in [1.54, 1.807) is 72.5 Å². The summed E-state index contributed by atoms with van der Waals surface area (Å²) in [6, 6.07) is 19.3. The standard InChI is InChI=1S/C25H21N5O3/c1-27-24(32)19-6-4-18(5-7-19)22-16-28-30-11-10-20(14-23(22)30)25(33)29(12-13-31)21-8-2-17(15-26)3-9-21/h2-11,14,16,31H,12-13H2,1H3,(H,27,32).